The van der Waals surface area contributed by atoms with Gasteiger partial charge in [0, 0.05) is 56.9 Å². The zero-order valence-corrected chi connectivity index (χ0v) is 54.2. The summed E-state index contributed by atoms with van der Waals surface area (Å²) in [5.74, 6) is 0. The van der Waals surface area contributed by atoms with Crippen molar-refractivity contribution in [1.29, 1.82) is 0 Å². The summed E-state index contributed by atoms with van der Waals surface area (Å²) in [6, 6.07) is 0. The van der Waals surface area contributed by atoms with Crippen LogP contribution in [0.25, 0.3) is 0 Å². The fourth-order valence-electron chi connectivity index (χ4n) is 13.6. The van der Waals surface area contributed by atoms with Crippen LogP contribution in [0, 0.1) is 0 Å². The lowest BCUT2D eigenvalue weighted by atomic mass is 9.94. The molecular formula is C56H98O41. The van der Waals surface area contributed by atoms with E-state index in [0.29, 0.717) is 0 Å². The Balaban J connectivity index is 0.901. The van der Waals surface area contributed by atoms with Gasteiger partial charge in [0.2, 0.25) is 0 Å². The predicted octanol–water partition coefficient (Wildman–Crippen LogP) is -13.2. The van der Waals surface area contributed by atoms with E-state index in [0.717, 1.165) is 28.4 Å². The minimum atomic E-state index is -1.90. The molecule has 0 radical (unpaired) electrons. The highest BCUT2D eigenvalue weighted by Gasteiger charge is 2.61. The SMILES string of the molecule is CO[C@H]1[C@H](O)[C@@H](O[C@H]2[C@H](OC)[C@H](O)[C@@H](O[C@H]3[C@H](OC)[C@H](O)[C@@H](O[C@H]4[C@H](OC)[C@H](O)[C@@H](O[C@H]5[C@H](OC)[C@H](O)[C@@H](O[C@H]6[C@H](OC)[C@H](O)[C@@H](O[C@H]7[C@@H](OC)[C@H](O)[C@@H](O[C@H]8[C@H](OC)[C@H](O)[C@@H](O)O[C@@H]8CO)O[C@@H]7CO)O[C@@H]6CO)O[C@@H]5CO)O[C@@H]4CO)O[C@@H]3CO)O[C@@H]2CO)O[C@H](CO)[C@H]1O. The van der Waals surface area contributed by atoms with Crippen molar-refractivity contribution in [3.8, 4) is 0 Å². The van der Waals surface area contributed by atoms with Gasteiger partial charge in [-0.25, -0.2) is 0 Å². The van der Waals surface area contributed by atoms with E-state index in [-0.39, 0.29) is 0 Å². The normalized spacial score (nSPS) is 50.2. The molecule has 568 valence electrons. The lowest BCUT2D eigenvalue weighted by Gasteiger charge is -2.51. The number of ether oxygens (including phenoxy) is 23. The largest absolute Gasteiger partial charge is 0.394 e. The van der Waals surface area contributed by atoms with E-state index in [2.05, 4.69) is 0 Å². The third kappa shape index (κ3) is 16.9. The summed E-state index contributed by atoms with van der Waals surface area (Å²) in [4.78, 5) is 0. The molecule has 8 heterocycles. The van der Waals surface area contributed by atoms with Crippen LogP contribution in [0.3, 0.4) is 0 Å². The molecule has 8 rings (SSSR count). The van der Waals surface area contributed by atoms with Crippen molar-refractivity contribution < 1.29 is 201 Å². The maximum Gasteiger partial charge on any atom is 0.187 e. The van der Waals surface area contributed by atoms with Crippen LogP contribution in [-0.2, 0) is 109 Å². The zero-order chi connectivity index (χ0) is 71.0. The molecule has 8 fully saturated rings. The molecule has 0 aromatic rings. The summed E-state index contributed by atoms with van der Waals surface area (Å²) >= 11 is 0. The van der Waals surface area contributed by atoms with Crippen LogP contribution in [0.2, 0.25) is 0 Å². The Morgan fingerprint density at radius 3 is 0.515 bits per heavy atom. The molecule has 0 spiro atoms. The maximum absolute atomic E-state index is 11.9. The Hall–Kier alpha value is -1.64. The van der Waals surface area contributed by atoms with Crippen LogP contribution in [0.5, 0.6) is 0 Å². The Morgan fingerprint density at radius 2 is 0.340 bits per heavy atom. The second-order valence-electron chi connectivity index (χ2n) is 24.0. The Morgan fingerprint density at radius 1 is 0.186 bits per heavy atom. The number of rotatable bonds is 30. The number of aliphatic hydroxyl groups excluding tert-OH is 18. The molecule has 0 aromatic heterocycles. The van der Waals surface area contributed by atoms with Gasteiger partial charge in [-0.3, -0.25) is 0 Å². The summed E-state index contributed by atoms with van der Waals surface area (Å²) in [5.41, 5.74) is 0. The van der Waals surface area contributed by atoms with Crippen molar-refractivity contribution >= 4 is 0 Å². The molecule has 97 heavy (non-hydrogen) atoms. The van der Waals surface area contributed by atoms with Crippen LogP contribution >= 0.6 is 0 Å². The standard InChI is InChI=1S/C56H98O41/c1-75-41-25(65)17(9-57)84-50(27(41)67)92-35-19(11-59)86-52(29(69)43(35)77-3)94-37-21(13-61)88-54(31(71)45(37)79-5)96-39-23(15-63)90-56(33(73)47(39)81-7)97-40-24(16-64)89-55(32(72)48(40)82-8)95-38-22(14-62)87-53(30(70)46(38)80-6)93-36-20(12-60)85-51(28(68)44(36)78-4)91-34-18(10-58)83-49(74)26(66)42(34)76-2/h17-74H,9-16H2,1-8H3/t17-,18-,19-,20-,21-,22-,23-,24-,25-,26+,27+,28+,29+,30+,31+,32+,33+,34-,35-,36-,37-,38-,39-,40-,41-,42-,43-,44+,45-,46-,47-,48-,49+,50-,51-,52-,53-,54-,55-,56-/m1/s1. The van der Waals surface area contributed by atoms with E-state index in [1.165, 1.54) is 28.4 Å². The topological polar surface area (TPSA) is 576 Å². The molecule has 0 unspecified atom stereocenters. The smallest absolute Gasteiger partial charge is 0.187 e. The summed E-state index contributed by atoms with van der Waals surface area (Å²) in [7, 11) is 9.35. The van der Waals surface area contributed by atoms with Crippen LogP contribution < -0.4 is 0 Å². The second-order valence-corrected chi connectivity index (χ2v) is 24.0. The van der Waals surface area contributed by atoms with E-state index < -0.39 is 299 Å². The monoisotopic (exact) mass is 1430 g/mol. The van der Waals surface area contributed by atoms with Crippen LogP contribution in [0.15, 0.2) is 0 Å². The van der Waals surface area contributed by atoms with E-state index >= 15 is 0 Å². The summed E-state index contributed by atoms with van der Waals surface area (Å²) in [6.07, 6.45) is -63.6. The first-order valence-electron chi connectivity index (χ1n) is 31.3. The number of hydrogen-bond acceptors (Lipinski definition) is 41. The van der Waals surface area contributed by atoms with E-state index in [9.17, 15) is 91.9 Å². The average molecular weight is 1430 g/mol. The van der Waals surface area contributed by atoms with Crippen molar-refractivity contribution in [3.05, 3.63) is 0 Å². The molecule has 0 saturated carbocycles. The van der Waals surface area contributed by atoms with Crippen LogP contribution in [0.1, 0.15) is 0 Å². The van der Waals surface area contributed by atoms with E-state index in [1.54, 1.807) is 0 Å². The molecule has 0 aliphatic carbocycles. The van der Waals surface area contributed by atoms with Crippen molar-refractivity contribution in [2.45, 2.75) is 246 Å². The highest BCUT2D eigenvalue weighted by Crippen LogP contribution is 2.41. The predicted molar refractivity (Wildman–Crippen MR) is 303 cm³/mol. The van der Waals surface area contributed by atoms with E-state index in [4.69, 9.17) is 109 Å². The lowest BCUT2D eigenvalue weighted by Crippen LogP contribution is -2.69. The molecule has 0 aromatic carbocycles. The Labute approximate surface area is 555 Å². The maximum atomic E-state index is 11.9. The number of methoxy groups -OCH3 is 8. The molecule has 8 aliphatic rings. The first-order chi connectivity index (χ1) is 46.5. The summed E-state index contributed by atoms with van der Waals surface area (Å²) in [5, 5.41) is 197. The van der Waals surface area contributed by atoms with Crippen molar-refractivity contribution in [2.24, 2.45) is 0 Å². The highest BCUT2D eigenvalue weighted by molar-refractivity contribution is 5.03. The van der Waals surface area contributed by atoms with Gasteiger partial charge in [-0.05, 0) is 0 Å². The Bertz CT molecular complexity index is 2280. The summed E-state index contributed by atoms with van der Waals surface area (Å²) in [6.45, 7) is -6.65. The average Bonchev–Trinajstić information content (AvgIpc) is 0.778. The molecule has 40 atom stereocenters. The lowest BCUT2D eigenvalue weighted by molar-refractivity contribution is -0.401. The van der Waals surface area contributed by atoms with Gasteiger partial charge in [-0.15, -0.1) is 0 Å². The van der Waals surface area contributed by atoms with Crippen molar-refractivity contribution in [2.75, 3.05) is 110 Å². The molecule has 0 amide bonds. The molecule has 18 N–H and O–H groups in total. The molecule has 8 saturated heterocycles. The first kappa shape index (κ1) is 81.0. The van der Waals surface area contributed by atoms with Gasteiger partial charge in [0.1, 0.15) is 195 Å². The van der Waals surface area contributed by atoms with Gasteiger partial charge in [0.05, 0.1) is 52.9 Å². The number of hydrogen-bond donors (Lipinski definition) is 18. The highest BCUT2D eigenvalue weighted by atomic mass is 16.8. The fraction of sp³-hybridized carbons (Fsp3) is 1.00. The van der Waals surface area contributed by atoms with Gasteiger partial charge in [-0.2, -0.15) is 0 Å². The van der Waals surface area contributed by atoms with Crippen molar-refractivity contribution in [3.63, 3.8) is 0 Å². The van der Waals surface area contributed by atoms with Gasteiger partial charge < -0.3 is 201 Å². The molecule has 0 bridgehead atoms. The quantitative estimate of drug-likeness (QED) is 0.0318. The van der Waals surface area contributed by atoms with Crippen LogP contribution in [0.4, 0.5) is 0 Å². The third-order valence-electron chi connectivity index (χ3n) is 18.6. The Kier molecular flexibility index (Phi) is 30.8. The molecular weight excluding hydrogens is 1330 g/mol. The summed E-state index contributed by atoms with van der Waals surface area (Å²) < 4.78 is 134. The number of aliphatic hydroxyl groups is 18. The first-order valence-corrected chi connectivity index (χ1v) is 31.3. The van der Waals surface area contributed by atoms with Gasteiger partial charge in [0.15, 0.2) is 50.3 Å². The van der Waals surface area contributed by atoms with E-state index in [1.807, 2.05) is 0 Å². The van der Waals surface area contributed by atoms with Gasteiger partial charge in [0.25, 0.3) is 0 Å². The fourth-order valence-corrected chi connectivity index (χ4v) is 13.6. The van der Waals surface area contributed by atoms with Crippen molar-refractivity contribution in [1.82, 2.24) is 0 Å². The third-order valence-corrected chi connectivity index (χ3v) is 18.6. The minimum absolute atomic E-state index is 0.707. The molecule has 41 heteroatoms. The van der Waals surface area contributed by atoms with Gasteiger partial charge >= 0.3 is 0 Å². The van der Waals surface area contributed by atoms with Crippen LogP contribution in [-0.4, -0.2) is 447 Å². The molecule has 8 aliphatic heterocycles. The second kappa shape index (κ2) is 36.9. The molecule has 41 nitrogen and oxygen atoms in total. The van der Waals surface area contributed by atoms with Gasteiger partial charge in [-0.1, -0.05) is 0 Å². The zero-order valence-electron chi connectivity index (χ0n) is 54.2. The minimum Gasteiger partial charge on any atom is -0.394 e.